The Labute approximate surface area is 137 Å². The second-order valence-corrected chi connectivity index (χ2v) is 5.37. The maximum Gasteiger partial charge on any atom is 0.328 e. The number of nitrogens with two attached hydrogens (primary N) is 1. The Morgan fingerprint density at radius 2 is 2.00 bits per heavy atom. The number of anilines is 1. The van der Waals surface area contributed by atoms with Crippen LogP contribution in [0.2, 0.25) is 0 Å². The number of imidazole rings is 1. The second-order valence-electron chi connectivity index (χ2n) is 5.37. The van der Waals surface area contributed by atoms with E-state index in [1.165, 1.54) is 4.57 Å². The standard InChI is InChI=1S/C16H19N5O3/c17-13-12-14(20-15(19-13)24-9-5-4-8-22)21(16(23)18-12)10-11-6-2-1-3-7-11/h1-3,6-7,22H,4-5,8-10H2,(H,18,23)(H2,17,19,20). The zero-order chi connectivity index (χ0) is 16.9. The van der Waals surface area contributed by atoms with Crippen molar-refractivity contribution in [3.8, 4) is 6.01 Å². The highest BCUT2D eigenvalue weighted by atomic mass is 16.5. The molecule has 3 aromatic rings. The largest absolute Gasteiger partial charge is 0.463 e. The van der Waals surface area contributed by atoms with Crippen molar-refractivity contribution in [2.24, 2.45) is 0 Å². The monoisotopic (exact) mass is 329 g/mol. The molecular weight excluding hydrogens is 310 g/mol. The summed E-state index contributed by atoms with van der Waals surface area (Å²) < 4.78 is 6.97. The maximum atomic E-state index is 12.2. The molecule has 0 aliphatic heterocycles. The molecule has 0 radical (unpaired) electrons. The van der Waals surface area contributed by atoms with E-state index >= 15 is 0 Å². The molecule has 24 heavy (non-hydrogen) atoms. The highest BCUT2D eigenvalue weighted by Gasteiger charge is 2.14. The van der Waals surface area contributed by atoms with Crippen LogP contribution in [0.15, 0.2) is 35.1 Å². The highest BCUT2D eigenvalue weighted by molar-refractivity contribution is 5.81. The van der Waals surface area contributed by atoms with Crippen LogP contribution in [0.5, 0.6) is 6.01 Å². The predicted molar refractivity (Wildman–Crippen MR) is 89.9 cm³/mol. The predicted octanol–water partition coefficient (Wildman–Crippen LogP) is 0.901. The van der Waals surface area contributed by atoms with Gasteiger partial charge in [0.05, 0.1) is 13.2 Å². The van der Waals surface area contributed by atoms with E-state index in [2.05, 4.69) is 15.0 Å². The molecule has 4 N–H and O–H groups in total. The SMILES string of the molecule is Nc1nc(OCCCCO)nc2c1[nH]c(=O)n2Cc1ccccc1. The number of aromatic nitrogens is 4. The fourth-order valence-electron chi connectivity index (χ4n) is 2.39. The lowest BCUT2D eigenvalue weighted by Crippen LogP contribution is -2.17. The first-order valence-corrected chi connectivity index (χ1v) is 7.72. The van der Waals surface area contributed by atoms with Crippen molar-refractivity contribution in [1.82, 2.24) is 19.5 Å². The highest BCUT2D eigenvalue weighted by Crippen LogP contribution is 2.18. The van der Waals surface area contributed by atoms with Gasteiger partial charge in [0.15, 0.2) is 11.5 Å². The minimum atomic E-state index is -0.299. The molecular formula is C16H19N5O3. The number of nitrogen functional groups attached to an aromatic ring is 1. The van der Waals surface area contributed by atoms with Gasteiger partial charge in [-0.1, -0.05) is 30.3 Å². The number of aromatic amines is 1. The van der Waals surface area contributed by atoms with Crippen molar-refractivity contribution in [2.45, 2.75) is 19.4 Å². The smallest absolute Gasteiger partial charge is 0.328 e. The molecule has 1 aromatic carbocycles. The van der Waals surface area contributed by atoms with E-state index in [0.717, 1.165) is 5.56 Å². The molecule has 0 aliphatic carbocycles. The number of ether oxygens (including phenoxy) is 1. The molecule has 0 bridgehead atoms. The lowest BCUT2D eigenvalue weighted by atomic mass is 10.2. The summed E-state index contributed by atoms with van der Waals surface area (Å²) in [6.45, 7) is 0.860. The summed E-state index contributed by atoms with van der Waals surface area (Å²) in [7, 11) is 0. The zero-order valence-electron chi connectivity index (χ0n) is 13.1. The van der Waals surface area contributed by atoms with E-state index in [9.17, 15) is 4.79 Å². The van der Waals surface area contributed by atoms with E-state index in [4.69, 9.17) is 15.6 Å². The van der Waals surface area contributed by atoms with Crippen molar-refractivity contribution in [2.75, 3.05) is 18.9 Å². The van der Waals surface area contributed by atoms with Gasteiger partial charge in [-0.15, -0.1) is 0 Å². The van der Waals surface area contributed by atoms with Gasteiger partial charge in [0.2, 0.25) is 0 Å². The first kappa shape index (κ1) is 16.0. The molecule has 8 heteroatoms. The van der Waals surface area contributed by atoms with Crippen LogP contribution < -0.4 is 16.2 Å². The average Bonchev–Trinajstić information content (AvgIpc) is 2.90. The van der Waals surface area contributed by atoms with Crippen molar-refractivity contribution in [1.29, 1.82) is 0 Å². The van der Waals surface area contributed by atoms with Crippen LogP contribution >= 0.6 is 0 Å². The number of rotatable bonds is 7. The third-order valence-corrected chi connectivity index (χ3v) is 3.60. The Morgan fingerprint density at radius 1 is 1.21 bits per heavy atom. The number of fused-ring (bicyclic) bond motifs is 1. The Balaban J connectivity index is 1.92. The van der Waals surface area contributed by atoms with Crippen molar-refractivity contribution in [3.05, 3.63) is 46.4 Å². The Bertz CT molecular complexity index is 873. The number of benzene rings is 1. The summed E-state index contributed by atoms with van der Waals surface area (Å²) in [5.41, 5.74) is 7.40. The molecule has 0 saturated carbocycles. The quantitative estimate of drug-likeness (QED) is 0.554. The van der Waals surface area contributed by atoms with Gasteiger partial charge in [0.1, 0.15) is 5.52 Å². The van der Waals surface area contributed by atoms with Crippen LogP contribution in [0.3, 0.4) is 0 Å². The molecule has 0 spiro atoms. The van der Waals surface area contributed by atoms with Gasteiger partial charge in [-0.25, -0.2) is 4.79 Å². The second kappa shape index (κ2) is 7.14. The van der Waals surface area contributed by atoms with Crippen LogP contribution in [-0.2, 0) is 6.54 Å². The third-order valence-electron chi connectivity index (χ3n) is 3.60. The molecule has 0 unspecified atom stereocenters. The Morgan fingerprint density at radius 3 is 2.75 bits per heavy atom. The first-order chi connectivity index (χ1) is 11.7. The van der Waals surface area contributed by atoms with E-state index in [1.807, 2.05) is 30.3 Å². The van der Waals surface area contributed by atoms with Crippen molar-refractivity contribution >= 4 is 17.0 Å². The molecule has 2 heterocycles. The van der Waals surface area contributed by atoms with Gasteiger partial charge in [0.25, 0.3) is 0 Å². The minimum Gasteiger partial charge on any atom is -0.463 e. The van der Waals surface area contributed by atoms with Crippen molar-refractivity contribution in [3.63, 3.8) is 0 Å². The Hall–Kier alpha value is -2.87. The van der Waals surface area contributed by atoms with Crippen LogP contribution in [0.1, 0.15) is 18.4 Å². The molecule has 0 fully saturated rings. The Kier molecular flexibility index (Phi) is 4.76. The lowest BCUT2D eigenvalue weighted by Gasteiger charge is -2.07. The van der Waals surface area contributed by atoms with Crippen LogP contribution in [0, 0.1) is 0 Å². The van der Waals surface area contributed by atoms with E-state index < -0.39 is 0 Å². The molecule has 126 valence electrons. The number of nitrogens with one attached hydrogen (secondary N) is 1. The number of nitrogens with zero attached hydrogens (tertiary/aromatic N) is 3. The maximum absolute atomic E-state index is 12.2. The number of H-pyrrole nitrogens is 1. The van der Waals surface area contributed by atoms with E-state index in [1.54, 1.807) is 0 Å². The van der Waals surface area contributed by atoms with Gasteiger partial charge in [-0.2, -0.15) is 9.97 Å². The van der Waals surface area contributed by atoms with Gasteiger partial charge in [0, 0.05) is 6.61 Å². The molecule has 0 amide bonds. The van der Waals surface area contributed by atoms with Crippen molar-refractivity contribution < 1.29 is 9.84 Å². The molecule has 3 rings (SSSR count). The number of hydrogen-bond acceptors (Lipinski definition) is 6. The van der Waals surface area contributed by atoms with E-state index in [0.29, 0.717) is 37.2 Å². The zero-order valence-corrected chi connectivity index (χ0v) is 13.1. The topological polar surface area (TPSA) is 119 Å². The van der Waals surface area contributed by atoms with Crippen LogP contribution in [-0.4, -0.2) is 37.8 Å². The lowest BCUT2D eigenvalue weighted by molar-refractivity contribution is 0.244. The number of aliphatic hydroxyl groups is 1. The average molecular weight is 329 g/mol. The normalized spacial score (nSPS) is 11.0. The number of aliphatic hydroxyl groups excluding tert-OH is 1. The molecule has 2 aromatic heterocycles. The van der Waals surface area contributed by atoms with Gasteiger partial charge >= 0.3 is 11.7 Å². The summed E-state index contributed by atoms with van der Waals surface area (Å²) in [5.74, 6) is 0.168. The molecule has 8 nitrogen and oxygen atoms in total. The fourth-order valence-corrected chi connectivity index (χ4v) is 2.39. The van der Waals surface area contributed by atoms with Gasteiger partial charge < -0.3 is 20.6 Å². The number of hydrogen-bond donors (Lipinski definition) is 3. The summed E-state index contributed by atoms with van der Waals surface area (Å²) >= 11 is 0. The summed E-state index contributed by atoms with van der Waals surface area (Å²) in [4.78, 5) is 23.3. The van der Waals surface area contributed by atoms with Crippen LogP contribution in [0.25, 0.3) is 11.2 Å². The summed E-state index contributed by atoms with van der Waals surface area (Å²) in [6.07, 6.45) is 1.32. The van der Waals surface area contributed by atoms with E-state index in [-0.39, 0.29) is 24.1 Å². The van der Waals surface area contributed by atoms with Crippen LogP contribution in [0.4, 0.5) is 5.82 Å². The molecule has 0 aliphatic rings. The molecule has 0 saturated heterocycles. The number of unbranched alkanes of at least 4 members (excludes halogenated alkanes) is 1. The minimum absolute atomic E-state index is 0.111. The third kappa shape index (κ3) is 3.38. The summed E-state index contributed by atoms with van der Waals surface area (Å²) in [6, 6.07) is 9.73. The van der Waals surface area contributed by atoms with Gasteiger partial charge in [-0.05, 0) is 18.4 Å². The molecule has 0 atom stereocenters. The fraction of sp³-hybridized carbons (Fsp3) is 0.312. The first-order valence-electron chi connectivity index (χ1n) is 7.72. The van der Waals surface area contributed by atoms with Gasteiger partial charge in [-0.3, -0.25) is 4.57 Å². The summed E-state index contributed by atoms with van der Waals surface area (Å²) in [5, 5.41) is 8.78.